The zero-order valence-corrected chi connectivity index (χ0v) is 10.4. The maximum atomic E-state index is 12.1. The second-order valence-electron chi connectivity index (χ2n) is 3.70. The van der Waals surface area contributed by atoms with Crippen LogP contribution in [0.5, 0.6) is 0 Å². The van der Waals surface area contributed by atoms with Gasteiger partial charge in [-0.2, -0.15) is 0 Å². The van der Waals surface area contributed by atoms with E-state index in [-0.39, 0.29) is 17.7 Å². The fraction of sp³-hybridized carbons (Fsp3) is 0.500. The number of piperidine rings is 1. The normalized spacial score (nSPS) is 21.1. The van der Waals surface area contributed by atoms with E-state index in [2.05, 4.69) is 10.3 Å². The van der Waals surface area contributed by atoms with Crippen molar-refractivity contribution in [1.29, 1.82) is 0 Å². The number of aromatic nitrogens is 1. The largest absolute Gasteiger partial charge is 0.315 e. The number of hydrogen-bond donors (Lipinski definition) is 1. The molecule has 1 atom stereocenters. The molecule has 0 saturated carbocycles. The lowest BCUT2D eigenvalue weighted by Crippen LogP contribution is -2.38. The molecule has 0 aromatic carbocycles. The van der Waals surface area contributed by atoms with E-state index in [1.165, 1.54) is 12.4 Å². The van der Waals surface area contributed by atoms with Crippen molar-refractivity contribution in [2.45, 2.75) is 23.0 Å². The van der Waals surface area contributed by atoms with Gasteiger partial charge in [0.2, 0.25) is 0 Å². The van der Waals surface area contributed by atoms with Crippen LogP contribution >= 0.6 is 12.4 Å². The van der Waals surface area contributed by atoms with Crippen LogP contribution in [-0.2, 0) is 9.84 Å². The summed E-state index contributed by atoms with van der Waals surface area (Å²) in [5.41, 5.74) is 0. The minimum absolute atomic E-state index is 0. The third kappa shape index (κ3) is 2.72. The van der Waals surface area contributed by atoms with Crippen LogP contribution in [0.2, 0.25) is 0 Å². The van der Waals surface area contributed by atoms with Crippen LogP contribution < -0.4 is 5.32 Å². The van der Waals surface area contributed by atoms with Crippen molar-refractivity contribution in [2.75, 3.05) is 13.1 Å². The molecule has 1 unspecified atom stereocenters. The number of pyridine rings is 1. The van der Waals surface area contributed by atoms with Gasteiger partial charge in [0.15, 0.2) is 9.84 Å². The summed E-state index contributed by atoms with van der Waals surface area (Å²) >= 11 is 0. The van der Waals surface area contributed by atoms with Gasteiger partial charge in [-0.1, -0.05) is 0 Å². The summed E-state index contributed by atoms with van der Waals surface area (Å²) in [6, 6.07) is 3.12. The molecule has 0 bridgehead atoms. The molecule has 0 aliphatic carbocycles. The molecule has 16 heavy (non-hydrogen) atoms. The fourth-order valence-electron chi connectivity index (χ4n) is 1.81. The second kappa shape index (κ2) is 5.61. The molecule has 1 saturated heterocycles. The maximum Gasteiger partial charge on any atom is 0.182 e. The van der Waals surface area contributed by atoms with E-state index in [9.17, 15) is 8.42 Å². The molecule has 1 aliphatic heterocycles. The summed E-state index contributed by atoms with van der Waals surface area (Å²) in [4.78, 5) is 4.20. The highest BCUT2D eigenvalue weighted by Gasteiger charge is 2.28. The Balaban J connectivity index is 0.00000128. The molecule has 1 N–H and O–H groups in total. The first kappa shape index (κ1) is 13.4. The van der Waals surface area contributed by atoms with E-state index in [1.54, 1.807) is 12.1 Å². The Kier molecular flexibility index (Phi) is 4.70. The van der Waals surface area contributed by atoms with Gasteiger partial charge in [-0.25, -0.2) is 8.42 Å². The van der Waals surface area contributed by atoms with Crippen molar-refractivity contribution in [3.63, 3.8) is 0 Å². The van der Waals surface area contributed by atoms with Gasteiger partial charge in [0.1, 0.15) is 0 Å². The number of hydrogen-bond acceptors (Lipinski definition) is 4. The Bertz CT molecular complexity index is 416. The van der Waals surface area contributed by atoms with Crippen molar-refractivity contribution in [3.05, 3.63) is 24.5 Å². The number of rotatable bonds is 2. The predicted octanol–water partition coefficient (Wildman–Crippen LogP) is 1.03. The van der Waals surface area contributed by atoms with E-state index in [0.717, 1.165) is 19.4 Å². The molecule has 1 aromatic heterocycles. The summed E-state index contributed by atoms with van der Waals surface area (Å²) in [7, 11) is -3.16. The van der Waals surface area contributed by atoms with Crippen molar-refractivity contribution in [1.82, 2.24) is 10.3 Å². The molecule has 2 rings (SSSR count). The predicted molar refractivity (Wildman–Crippen MR) is 64.6 cm³/mol. The number of halogens is 1. The van der Waals surface area contributed by atoms with Gasteiger partial charge in [-0.15, -0.1) is 12.4 Å². The summed E-state index contributed by atoms with van der Waals surface area (Å²) < 4.78 is 24.2. The van der Waals surface area contributed by atoms with Crippen LogP contribution in [0.3, 0.4) is 0 Å². The average Bonchev–Trinajstić information content (AvgIpc) is 2.31. The zero-order valence-electron chi connectivity index (χ0n) is 8.80. The van der Waals surface area contributed by atoms with E-state index in [0.29, 0.717) is 11.4 Å². The Morgan fingerprint density at radius 3 is 2.56 bits per heavy atom. The first-order valence-electron chi connectivity index (χ1n) is 5.06. The van der Waals surface area contributed by atoms with Gasteiger partial charge in [0.25, 0.3) is 0 Å². The average molecular weight is 263 g/mol. The molecule has 0 amide bonds. The van der Waals surface area contributed by atoms with Crippen molar-refractivity contribution >= 4 is 22.2 Å². The summed E-state index contributed by atoms with van der Waals surface area (Å²) in [6.07, 6.45) is 4.71. The van der Waals surface area contributed by atoms with Gasteiger partial charge in [0.05, 0.1) is 10.1 Å². The maximum absolute atomic E-state index is 12.1. The minimum atomic E-state index is -3.16. The number of nitrogens with one attached hydrogen (secondary N) is 1. The van der Waals surface area contributed by atoms with E-state index < -0.39 is 9.84 Å². The molecule has 6 heteroatoms. The number of nitrogens with zero attached hydrogens (tertiary/aromatic N) is 1. The lowest BCUT2D eigenvalue weighted by atomic mass is 10.2. The van der Waals surface area contributed by atoms with E-state index in [1.807, 2.05) is 0 Å². The molecular formula is C10H15ClN2O2S. The molecular weight excluding hydrogens is 248 g/mol. The van der Waals surface area contributed by atoms with Crippen molar-refractivity contribution in [2.24, 2.45) is 0 Å². The van der Waals surface area contributed by atoms with Gasteiger partial charge >= 0.3 is 0 Å². The van der Waals surface area contributed by atoms with Crippen LogP contribution in [0, 0.1) is 0 Å². The van der Waals surface area contributed by atoms with E-state index >= 15 is 0 Å². The second-order valence-corrected chi connectivity index (χ2v) is 5.92. The van der Waals surface area contributed by atoms with Crippen LogP contribution in [0.25, 0.3) is 0 Å². The highest BCUT2D eigenvalue weighted by molar-refractivity contribution is 7.92. The SMILES string of the molecule is Cl.O=S(=O)(c1ccncc1)C1CCCNC1. The smallest absolute Gasteiger partial charge is 0.182 e. The minimum Gasteiger partial charge on any atom is -0.315 e. The van der Waals surface area contributed by atoms with Crippen LogP contribution in [0.1, 0.15) is 12.8 Å². The molecule has 90 valence electrons. The zero-order chi connectivity index (χ0) is 10.7. The first-order chi connectivity index (χ1) is 7.21. The van der Waals surface area contributed by atoms with E-state index in [4.69, 9.17) is 0 Å². The summed E-state index contributed by atoms with van der Waals surface area (Å²) in [5.74, 6) is 0. The highest BCUT2D eigenvalue weighted by Crippen LogP contribution is 2.19. The van der Waals surface area contributed by atoms with Crippen LogP contribution in [0.15, 0.2) is 29.4 Å². The molecule has 4 nitrogen and oxygen atoms in total. The molecule has 1 aromatic rings. The molecule has 0 spiro atoms. The molecule has 1 fully saturated rings. The van der Waals surface area contributed by atoms with Crippen LogP contribution in [-0.4, -0.2) is 31.7 Å². The Hall–Kier alpha value is -0.650. The van der Waals surface area contributed by atoms with Crippen LogP contribution in [0.4, 0.5) is 0 Å². The first-order valence-corrected chi connectivity index (χ1v) is 6.60. The van der Waals surface area contributed by atoms with Gasteiger partial charge < -0.3 is 5.32 Å². The highest BCUT2D eigenvalue weighted by atomic mass is 35.5. The fourth-order valence-corrected chi connectivity index (χ4v) is 3.51. The standard InChI is InChI=1S/C10H14N2O2S.ClH/c13-15(14,9-3-6-11-7-4-9)10-2-1-5-12-8-10;/h3-4,6-7,10,12H,1-2,5,8H2;1H. The molecule has 2 heterocycles. The Labute approximate surface area is 102 Å². The summed E-state index contributed by atoms with van der Waals surface area (Å²) in [5, 5.41) is 2.83. The monoisotopic (exact) mass is 262 g/mol. The third-order valence-corrected chi connectivity index (χ3v) is 4.88. The Morgan fingerprint density at radius 2 is 2.00 bits per heavy atom. The lowest BCUT2D eigenvalue weighted by Gasteiger charge is -2.22. The Morgan fingerprint density at radius 1 is 1.31 bits per heavy atom. The molecule has 0 radical (unpaired) electrons. The topological polar surface area (TPSA) is 59.1 Å². The quantitative estimate of drug-likeness (QED) is 0.865. The lowest BCUT2D eigenvalue weighted by molar-refractivity contribution is 0.497. The third-order valence-electron chi connectivity index (χ3n) is 2.67. The summed E-state index contributed by atoms with van der Waals surface area (Å²) in [6.45, 7) is 1.48. The van der Waals surface area contributed by atoms with Gasteiger partial charge in [-0.3, -0.25) is 4.98 Å². The number of sulfone groups is 1. The van der Waals surface area contributed by atoms with Gasteiger partial charge in [-0.05, 0) is 31.5 Å². The van der Waals surface area contributed by atoms with Crippen molar-refractivity contribution < 1.29 is 8.42 Å². The van der Waals surface area contributed by atoms with Gasteiger partial charge in [0, 0.05) is 18.9 Å². The molecule has 1 aliphatic rings. The van der Waals surface area contributed by atoms with Crippen molar-refractivity contribution in [3.8, 4) is 0 Å².